The van der Waals surface area contributed by atoms with Crippen molar-refractivity contribution < 1.29 is 62.2 Å². The summed E-state index contributed by atoms with van der Waals surface area (Å²) in [5.74, 6) is 0. The highest BCUT2D eigenvalue weighted by Gasteiger charge is 2.49. The topological polar surface area (TPSA) is 260 Å². The number of H-pyrrole nitrogens is 1. The van der Waals surface area contributed by atoms with Crippen LogP contribution in [0.1, 0.15) is 13.2 Å². The van der Waals surface area contributed by atoms with Crippen LogP contribution in [0, 0.1) is 0 Å². The second-order valence-electron chi connectivity index (χ2n) is 8.63. The number of aliphatic hydroxyl groups is 4. The fourth-order valence-electron chi connectivity index (χ4n) is 3.91. The first-order valence-electron chi connectivity index (χ1n) is 10.7. The number of aromatic amines is 1. The van der Waals surface area contributed by atoms with Gasteiger partial charge in [0.05, 0.1) is 24.9 Å². The zero-order valence-electron chi connectivity index (χ0n) is 19.7. The standard InChI is InChI=1S/C17H29N3O15P2/c1-7-11(22)10(19(2)3)13(24)16(32-7)34-37(29,30)35-36(27,28)31-6-8-12(23)14(25)15(33-8)20-5-4-9(21)18-17(20)26/h4-5,7-8,10-16,22-25H,6H2,1-3H3,(H,27,28)(H,29,30)(H,18,21,26)/t7?,8-,10+,11-,12+,13?,14?,15-,16-/m1/s1. The van der Waals surface area contributed by atoms with Crippen LogP contribution in [0.25, 0.3) is 0 Å². The number of ether oxygens (including phenoxy) is 2. The van der Waals surface area contributed by atoms with Crippen molar-refractivity contribution in [2.75, 3.05) is 20.7 Å². The fraction of sp³-hybridized carbons (Fsp3) is 0.765. The molecule has 0 spiro atoms. The normalized spacial score (nSPS) is 37.8. The molecule has 7 N–H and O–H groups in total. The molecular formula is C17H29N3O15P2. The maximum Gasteiger partial charge on any atom is 0.483 e. The molecule has 3 rings (SSSR count). The Kier molecular flexibility index (Phi) is 9.32. The van der Waals surface area contributed by atoms with Crippen molar-refractivity contribution >= 4 is 15.6 Å². The minimum absolute atomic E-state index is 0.725. The molecule has 0 aliphatic carbocycles. The number of rotatable bonds is 9. The van der Waals surface area contributed by atoms with Crippen LogP contribution >= 0.6 is 15.6 Å². The summed E-state index contributed by atoms with van der Waals surface area (Å²) in [5, 5.41) is 40.9. The Morgan fingerprint density at radius 3 is 2.27 bits per heavy atom. The fourth-order valence-corrected chi connectivity index (χ4v) is 6.07. The van der Waals surface area contributed by atoms with Crippen molar-refractivity contribution in [2.24, 2.45) is 0 Å². The van der Waals surface area contributed by atoms with E-state index in [1.165, 1.54) is 25.9 Å². The number of phosphoric acid groups is 2. The zero-order valence-corrected chi connectivity index (χ0v) is 21.5. The minimum atomic E-state index is -5.44. The van der Waals surface area contributed by atoms with Crippen molar-refractivity contribution in [3.05, 3.63) is 33.1 Å². The van der Waals surface area contributed by atoms with Gasteiger partial charge in [-0.15, -0.1) is 0 Å². The van der Waals surface area contributed by atoms with Crippen LogP contribution in [-0.4, -0.2) is 114 Å². The highest BCUT2D eigenvalue weighted by atomic mass is 31.3. The van der Waals surface area contributed by atoms with E-state index in [1.807, 2.05) is 4.98 Å². The second kappa shape index (κ2) is 11.4. The van der Waals surface area contributed by atoms with Gasteiger partial charge in [-0.2, -0.15) is 4.31 Å². The van der Waals surface area contributed by atoms with Crippen molar-refractivity contribution in [3.8, 4) is 0 Å². The van der Waals surface area contributed by atoms with Crippen molar-refractivity contribution in [2.45, 2.75) is 62.1 Å². The largest absolute Gasteiger partial charge is 0.483 e. The average Bonchev–Trinajstić information content (AvgIpc) is 3.03. The van der Waals surface area contributed by atoms with E-state index in [-0.39, 0.29) is 0 Å². The van der Waals surface area contributed by atoms with Crippen LogP contribution < -0.4 is 11.2 Å². The SMILES string of the molecule is CC1O[C@H](OP(=O)(O)OP(=O)(O)OC[C@H]2O[C@@H](n3ccc(=O)[nH]c3=O)C(O)[C@H]2O)C(O)[C@@H](N(C)C)[C@@H]1O. The van der Waals surface area contributed by atoms with Gasteiger partial charge in [-0.05, 0) is 21.0 Å². The predicted molar refractivity (Wildman–Crippen MR) is 119 cm³/mol. The number of nitrogens with zero attached hydrogens (tertiary/aromatic N) is 2. The van der Waals surface area contributed by atoms with Gasteiger partial charge in [-0.1, -0.05) is 0 Å². The van der Waals surface area contributed by atoms with E-state index in [0.29, 0.717) is 0 Å². The van der Waals surface area contributed by atoms with Gasteiger partial charge in [0.25, 0.3) is 5.56 Å². The number of hydrogen-bond acceptors (Lipinski definition) is 14. The minimum Gasteiger partial charge on any atom is -0.389 e. The number of nitrogens with one attached hydrogen (secondary N) is 1. The predicted octanol–water partition coefficient (Wildman–Crippen LogP) is -3.20. The van der Waals surface area contributed by atoms with E-state index in [1.54, 1.807) is 0 Å². The molecular weight excluding hydrogens is 548 g/mol. The van der Waals surface area contributed by atoms with E-state index in [9.17, 15) is 48.9 Å². The van der Waals surface area contributed by atoms with Crippen LogP contribution in [0.15, 0.2) is 21.9 Å². The molecule has 0 amide bonds. The molecule has 3 heterocycles. The Hall–Kier alpha value is -1.34. The molecule has 18 nitrogen and oxygen atoms in total. The molecule has 0 radical (unpaired) electrons. The van der Waals surface area contributed by atoms with Gasteiger partial charge in [0.1, 0.15) is 24.4 Å². The van der Waals surface area contributed by atoms with Gasteiger partial charge in [0.2, 0.25) is 0 Å². The van der Waals surface area contributed by atoms with Gasteiger partial charge in [0.15, 0.2) is 12.5 Å². The van der Waals surface area contributed by atoms with Crippen LogP contribution in [0.4, 0.5) is 0 Å². The Morgan fingerprint density at radius 2 is 1.68 bits per heavy atom. The van der Waals surface area contributed by atoms with Gasteiger partial charge in [0, 0.05) is 12.3 Å². The molecule has 212 valence electrons. The number of phosphoric ester groups is 2. The number of aromatic nitrogens is 2. The summed E-state index contributed by atoms with van der Waals surface area (Å²) in [7, 11) is -7.79. The first-order chi connectivity index (χ1) is 17.0. The molecule has 20 heteroatoms. The van der Waals surface area contributed by atoms with E-state index in [4.69, 9.17) is 14.0 Å². The molecule has 1 aromatic rings. The Labute approximate surface area is 208 Å². The number of hydrogen-bond donors (Lipinski definition) is 7. The first-order valence-corrected chi connectivity index (χ1v) is 13.7. The summed E-state index contributed by atoms with van der Waals surface area (Å²) in [6, 6.07) is -0.0292. The molecule has 2 fully saturated rings. The van der Waals surface area contributed by atoms with E-state index >= 15 is 0 Å². The molecule has 0 bridgehead atoms. The van der Waals surface area contributed by atoms with E-state index in [2.05, 4.69) is 8.83 Å². The smallest absolute Gasteiger partial charge is 0.389 e. The van der Waals surface area contributed by atoms with Gasteiger partial charge < -0.3 is 44.6 Å². The van der Waals surface area contributed by atoms with E-state index < -0.39 is 88.7 Å². The zero-order chi connectivity index (χ0) is 27.9. The summed E-state index contributed by atoms with van der Waals surface area (Å²) in [4.78, 5) is 46.4. The summed E-state index contributed by atoms with van der Waals surface area (Å²) < 4.78 is 49.4. The molecule has 2 saturated heterocycles. The lowest BCUT2D eigenvalue weighted by molar-refractivity contribution is -0.256. The third-order valence-corrected chi connectivity index (χ3v) is 8.31. The molecule has 2 aliphatic rings. The first kappa shape index (κ1) is 30.2. The van der Waals surface area contributed by atoms with Crippen LogP contribution in [0.5, 0.6) is 0 Å². The summed E-state index contributed by atoms with van der Waals surface area (Å²) in [6.45, 7) is 0.442. The molecule has 5 unspecified atom stereocenters. The van der Waals surface area contributed by atoms with Crippen LogP contribution in [0.3, 0.4) is 0 Å². The number of aliphatic hydroxyl groups excluding tert-OH is 4. The van der Waals surface area contributed by atoms with E-state index in [0.717, 1.165) is 16.8 Å². The van der Waals surface area contributed by atoms with Crippen molar-refractivity contribution in [1.82, 2.24) is 14.5 Å². The number of likely N-dealkylation sites (N-methyl/N-ethyl adjacent to an activating group) is 1. The quantitative estimate of drug-likeness (QED) is 0.143. The summed E-state index contributed by atoms with van der Waals surface area (Å²) >= 11 is 0. The molecule has 1 aromatic heterocycles. The van der Waals surface area contributed by atoms with Gasteiger partial charge >= 0.3 is 21.3 Å². The maximum atomic E-state index is 12.4. The Balaban J connectivity index is 1.62. The maximum absolute atomic E-state index is 12.4. The summed E-state index contributed by atoms with van der Waals surface area (Å²) in [6.07, 6.45) is -11.2. The third kappa shape index (κ3) is 7.00. The lowest BCUT2D eigenvalue weighted by Crippen LogP contribution is -2.62. The van der Waals surface area contributed by atoms with Crippen molar-refractivity contribution in [3.63, 3.8) is 0 Å². The summed E-state index contributed by atoms with van der Waals surface area (Å²) in [5.41, 5.74) is -1.69. The monoisotopic (exact) mass is 577 g/mol. The second-order valence-corrected chi connectivity index (χ2v) is 11.6. The van der Waals surface area contributed by atoms with Crippen LogP contribution in [0.2, 0.25) is 0 Å². The average molecular weight is 577 g/mol. The Bertz CT molecular complexity index is 1160. The molecule has 2 aliphatic heterocycles. The third-order valence-electron chi connectivity index (χ3n) is 5.71. The van der Waals surface area contributed by atoms with Gasteiger partial charge in [-0.25, -0.2) is 13.9 Å². The molecule has 11 atom stereocenters. The molecule has 0 aromatic carbocycles. The van der Waals surface area contributed by atoms with Crippen LogP contribution in [-0.2, 0) is 32.0 Å². The van der Waals surface area contributed by atoms with Crippen molar-refractivity contribution in [1.29, 1.82) is 0 Å². The molecule has 0 saturated carbocycles. The highest BCUT2D eigenvalue weighted by Crippen LogP contribution is 2.61. The van der Waals surface area contributed by atoms with Gasteiger partial charge in [-0.3, -0.25) is 23.4 Å². The molecule has 37 heavy (non-hydrogen) atoms. The lowest BCUT2D eigenvalue weighted by Gasteiger charge is -2.44. The Morgan fingerprint density at radius 1 is 1.03 bits per heavy atom. The highest BCUT2D eigenvalue weighted by molar-refractivity contribution is 7.61. The lowest BCUT2D eigenvalue weighted by atomic mass is 9.96.